The van der Waals surface area contributed by atoms with Gasteiger partial charge in [0.1, 0.15) is 5.60 Å². The number of hydrogen-bond acceptors (Lipinski definition) is 6. The Morgan fingerprint density at radius 2 is 1.79 bits per heavy atom. The van der Waals surface area contributed by atoms with Crippen LogP contribution in [0.1, 0.15) is 29.6 Å². The molecule has 2 aliphatic carbocycles. The standard InChI is InChI=1S/C22H21ClF3NO6S/c23-14-4-2-10(21(30)27-12-6-15(24)18(26)16(25)7-12)5-17(14)34(32,33)19-11-1-3-13(19)20(29)22(31,8-11)9-28/h2,4-7,11,13,19-20,28-29,31H,1,3,8-9H2,(H,27,30)/t11?,13-,19+,20?,22-/m1/s1. The maximum absolute atomic E-state index is 13.6. The molecule has 4 N–H and O–H groups in total. The van der Waals surface area contributed by atoms with Crippen LogP contribution in [0, 0.1) is 29.3 Å². The second kappa shape index (κ2) is 8.80. The Labute approximate surface area is 198 Å². The lowest BCUT2D eigenvalue weighted by Crippen LogP contribution is -2.58. The normalized spacial score (nSPS) is 28.7. The highest BCUT2D eigenvalue weighted by Crippen LogP contribution is 2.51. The molecular formula is C22H21ClF3NO6S. The van der Waals surface area contributed by atoms with Crippen LogP contribution in [-0.2, 0) is 9.84 Å². The van der Waals surface area contributed by atoms with Gasteiger partial charge in [-0.15, -0.1) is 0 Å². The molecule has 2 saturated carbocycles. The van der Waals surface area contributed by atoms with E-state index in [1.54, 1.807) is 0 Å². The molecule has 0 spiro atoms. The number of halogens is 4. The van der Waals surface area contributed by atoms with Crippen molar-refractivity contribution in [3.8, 4) is 0 Å². The van der Waals surface area contributed by atoms with Gasteiger partial charge in [-0.25, -0.2) is 21.6 Å². The number of carbonyl (C=O) groups is 1. The van der Waals surface area contributed by atoms with Crippen molar-refractivity contribution in [3.05, 3.63) is 58.4 Å². The summed E-state index contributed by atoms with van der Waals surface area (Å²) in [5.41, 5.74) is -2.37. The maximum atomic E-state index is 13.6. The summed E-state index contributed by atoms with van der Waals surface area (Å²) >= 11 is 6.16. The number of aliphatic hydroxyl groups excluding tert-OH is 2. The van der Waals surface area contributed by atoms with Crippen LogP contribution in [0.5, 0.6) is 0 Å². The van der Waals surface area contributed by atoms with Crippen LogP contribution in [0.15, 0.2) is 35.2 Å². The predicted octanol–water partition coefficient (Wildman–Crippen LogP) is 2.67. The van der Waals surface area contributed by atoms with E-state index in [2.05, 4.69) is 5.32 Å². The fraction of sp³-hybridized carbons (Fsp3) is 0.409. The molecule has 0 aliphatic heterocycles. The molecule has 2 aromatic rings. The molecule has 7 nitrogen and oxygen atoms in total. The quantitative estimate of drug-likeness (QED) is 0.450. The lowest BCUT2D eigenvalue weighted by molar-refractivity contribution is -0.147. The largest absolute Gasteiger partial charge is 0.393 e. The topological polar surface area (TPSA) is 124 Å². The van der Waals surface area contributed by atoms with E-state index < -0.39 is 68.6 Å². The molecule has 4 rings (SSSR count). The summed E-state index contributed by atoms with van der Waals surface area (Å²) in [6.45, 7) is -0.713. The first-order chi connectivity index (χ1) is 15.9. The van der Waals surface area contributed by atoms with Gasteiger partial charge in [-0.2, -0.15) is 0 Å². The third-order valence-corrected chi connectivity index (χ3v) is 9.55. The van der Waals surface area contributed by atoms with Crippen molar-refractivity contribution >= 4 is 33.0 Å². The van der Waals surface area contributed by atoms with E-state index in [9.17, 15) is 41.7 Å². The average Bonchev–Trinajstić information content (AvgIpc) is 3.15. The first-order valence-corrected chi connectivity index (χ1v) is 12.3. The van der Waals surface area contributed by atoms with Gasteiger partial charge in [0.05, 0.1) is 27.9 Å². The van der Waals surface area contributed by atoms with Gasteiger partial charge in [0.15, 0.2) is 27.3 Å². The van der Waals surface area contributed by atoms with Crippen molar-refractivity contribution in [2.24, 2.45) is 11.8 Å². The van der Waals surface area contributed by atoms with Crippen molar-refractivity contribution in [2.75, 3.05) is 11.9 Å². The summed E-state index contributed by atoms with van der Waals surface area (Å²) in [4.78, 5) is 12.2. The number of sulfone groups is 1. The number of carbonyl (C=O) groups excluding carboxylic acids is 1. The second-order valence-electron chi connectivity index (χ2n) is 8.77. The van der Waals surface area contributed by atoms with E-state index in [0.29, 0.717) is 25.0 Å². The molecule has 2 unspecified atom stereocenters. The van der Waals surface area contributed by atoms with Gasteiger partial charge >= 0.3 is 0 Å². The van der Waals surface area contributed by atoms with Crippen molar-refractivity contribution in [1.82, 2.24) is 0 Å². The minimum atomic E-state index is -4.20. The van der Waals surface area contributed by atoms with E-state index in [4.69, 9.17) is 11.6 Å². The molecule has 0 saturated heterocycles. The van der Waals surface area contributed by atoms with Gasteiger partial charge in [0, 0.05) is 29.3 Å². The molecule has 0 heterocycles. The van der Waals surface area contributed by atoms with Gasteiger partial charge in [-0.1, -0.05) is 11.6 Å². The predicted molar refractivity (Wildman–Crippen MR) is 116 cm³/mol. The van der Waals surface area contributed by atoms with Crippen LogP contribution in [0.3, 0.4) is 0 Å². The molecule has 5 atom stereocenters. The zero-order valence-electron chi connectivity index (χ0n) is 17.5. The molecule has 0 aromatic heterocycles. The highest BCUT2D eigenvalue weighted by molar-refractivity contribution is 7.92. The van der Waals surface area contributed by atoms with Crippen molar-refractivity contribution in [3.63, 3.8) is 0 Å². The van der Waals surface area contributed by atoms with E-state index in [0.717, 1.165) is 6.07 Å². The SMILES string of the molecule is O=C(Nc1cc(F)c(F)c(F)c1)c1ccc(Cl)c(S(=O)(=O)[C@H]2C3CC[C@H]2C(O)[C@](O)(CO)C3)c1. The van der Waals surface area contributed by atoms with E-state index >= 15 is 0 Å². The number of fused-ring (bicyclic) bond motifs is 2. The van der Waals surface area contributed by atoms with Gasteiger partial charge < -0.3 is 20.6 Å². The third kappa shape index (κ3) is 4.09. The number of rotatable bonds is 5. The monoisotopic (exact) mass is 519 g/mol. The second-order valence-corrected chi connectivity index (χ2v) is 11.3. The highest BCUT2D eigenvalue weighted by atomic mass is 35.5. The summed E-state index contributed by atoms with van der Waals surface area (Å²) in [5, 5.41) is 31.5. The van der Waals surface area contributed by atoms with E-state index in [-0.39, 0.29) is 27.6 Å². The number of hydrogen-bond donors (Lipinski definition) is 4. The van der Waals surface area contributed by atoms with Crippen LogP contribution in [-0.4, -0.2) is 53.2 Å². The van der Waals surface area contributed by atoms with Crippen molar-refractivity contribution in [1.29, 1.82) is 0 Å². The zero-order valence-corrected chi connectivity index (χ0v) is 19.1. The summed E-state index contributed by atoms with van der Waals surface area (Å²) in [6.07, 6.45) is -0.861. The molecule has 2 aromatic carbocycles. The molecule has 0 radical (unpaired) electrons. The first kappa shape index (κ1) is 24.9. The smallest absolute Gasteiger partial charge is 0.255 e. The Balaban J connectivity index is 1.65. The number of aliphatic hydroxyl groups is 3. The Hall–Kier alpha value is -2.18. The van der Waals surface area contributed by atoms with Gasteiger partial charge in [-0.3, -0.25) is 4.79 Å². The number of anilines is 1. The Kier molecular flexibility index (Phi) is 6.45. The molecular weight excluding hydrogens is 499 g/mol. The van der Waals surface area contributed by atoms with Gasteiger partial charge in [0.25, 0.3) is 5.91 Å². The average molecular weight is 520 g/mol. The number of nitrogens with one attached hydrogen (secondary N) is 1. The Morgan fingerprint density at radius 1 is 1.15 bits per heavy atom. The van der Waals surface area contributed by atoms with Crippen LogP contribution in [0.25, 0.3) is 0 Å². The van der Waals surface area contributed by atoms with Crippen LogP contribution in [0.2, 0.25) is 5.02 Å². The van der Waals surface area contributed by atoms with Crippen molar-refractivity contribution in [2.45, 2.75) is 41.1 Å². The summed E-state index contributed by atoms with van der Waals surface area (Å²) in [6, 6.07) is 4.56. The summed E-state index contributed by atoms with van der Waals surface area (Å²) in [7, 11) is -4.20. The first-order valence-electron chi connectivity index (χ1n) is 10.4. The molecule has 1 amide bonds. The highest BCUT2D eigenvalue weighted by Gasteiger charge is 2.59. The Bertz CT molecular complexity index is 1240. The molecule has 184 valence electrons. The zero-order chi connectivity index (χ0) is 25.0. The molecule has 2 fully saturated rings. The molecule has 34 heavy (non-hydrogen) atoms. The fourth-order valence-electron chi connectivity index (χ4n) is 5.10. The third-order valence-electron chi connectivity index (χ3n) is 6.70. The van der Waals surface area contributed by atoms with Crippen molar-refractivity contribution < 1.29 is 41.7 Å². The van der Waals surface area contributed by atoms with E-state index in [1.165, 1.54) is 12.1 Å². The van der Waals surface area contributed by atoms with Gasteiger partial charge in [0.2, 0.25) is 0 Å². The Morgan fingerprint density at radius 3 is 2.41 bits per heavy atom. The van der Waals surface area contributed by atoms with Crippen LogP contribution >= 0.6 is 11.6 Å². The van der Waals surface area contributed by atoms with Crippen LogP contribution < -0.4 is 5.32 Å². The molecule has 2 aliphatic rings. The number of benzene rings is 2. The molecule has 12 heteroatoms. The van der Waals surface area contributed by atoms with Gasteiger partial charge in [-0.05, 0) is 43.4 Å². The summed E-state index contributed by atoms with van der Waals surface area (Å²) in [5.74, 6) is -7.03. The minimum absolute atomic E-state index is 0.120. The lowest BCUT2D eigenvalue weighted by atomic mass is 9.75. The molecule has 2 bridgehead atoms. The maximum Gasteiger partial charge on any atom is 0.255 e. The summed E-state index contributed by atoms with van der Waals surface area (Å²) < 4.78 is 67.2. The fourth-order valence-corrected chi connectivity index (χ4v) is 7.94. The van der Waals surface area contributed by atoms with Crippen LogP contribution in [0.4, 0.5) is 18.9 Å². The lowest BCUT2D eigenvalue weighted by Gasteiger charge is -2.43. The minimum Gasteiger partial charge on any atom is -0.393 e. The van der Waals surface area contributed by atoms with E-state index in [1.807, 2.05) is 0 Å². The number of amides is 1.